The monoisotopic (exact) mass is 271 g/mol. The average Bonchev–Trinajstić information content (AvgIpc) is 2.41. The van der Waals surface area contributed by atoms with E-state index in [1.807, 2.05) is 0 Å². The third-order valence-corrected chi connectivity index (χ3v) is 2.57. The van der Waals surface area contributed by atoms with Crippen LogP contribution in [0.25, 0.3) is 0 Å². The number of nitrogens with one attached hydrogen (secondary N) is 2. The Morgan fingerprint density at radius 2 is 1.60 bits per heavy atom. The zero-order valence-corrected chi connectivity index (χ0v) is 10.5. The van der Waals surface area contributed by atoms with Crippen molar-refractivity contribution in [2.75, 3.05) is 16.4 Å². The molecule has 0 unspecified atom stereocenters. The molecule has 6 heteroatoms. The van der Waals surface area contributed by atoms with E-state index in [2.05, 4.69) is 10.6 Å². The maximum Gasteiger partial charge on any atom is 0.337 e. The summed E-state index contributed by atoms with van der Waals surface area (Å²) >= 11 is 0. The molecular formula is C14H13N3O3. The van der Waals surface area contributed by atoms with Crippen LogP contribution in [-0.2, 0) is 0 Å². The number of anilines is 3. The van der Waals surface area contributed by atoms with E-state index in [0.29, 0.717) is 11.4 Å². The van der Waals surface area contributed by atoms with Crippen LogP contribution < -0.4 is 16.4 Å². The molecule has 0 heterocycles. The standard InChI is InChI=1S/C14H13N3O3/c15-9-5-7-10(8-6-9)16-14(20)17-12-4-2-1-3-11(12)13(18)19/h1-8H,15H2,(H,18,19)(H2,16,17,20). The van der Waals surface area contributed by atoms with Crippen molar-refractivity contribution >= 4 is 29.1 Å². The first-order valence-corrected chi connectivity index (χ1v) is 5.82. The van der Waals surface area contributed by atoms with Gasteiger partial charge in [0.2, 0.25) is 0 Å². The molecule has 2 aromatic rings. The molecule has 0 bridgehead atoms. The summed E-state index contributed by atoms with van der Waals surface area (Å²) in [6.45, 7) is 0. The molecule has 20 heavy (non-hydrogen) atoms. The second-order valence-corrected chi connectivity index (χ2v) is 4.05. The minimum atomic E-state index is -1.10. The first-order valence-electron chi connectivity index (χ1n) is 5.82. The van der Waals surface area contributed by atoms with Crippen LogP contribution in [-0.4, -0.2) is 17.1 Å². The highest BCUT2D eigenvalue weighted by Crippen LogP contribution is 2.16. The molecule has 0 aliphatic carbocycles. The van der Waals surface area contributed by atoms with Crippen LogP contribution in [0.3, 0.4) is 0 Å². The van der Waals surface area contributed by atoms with Crippen LogP contribution in [0.4, 0.5) is 21.9 Å². The molecule has 0 spiro atoms. The summed E-state index contributed by atoms with van der Waals surface area (Å²) in [6, 6.07) is 12.3. The van der Waals surface area contributed by atoms with Gasteiger partial charge in [-0.05, 0) is 36.4 Å². The number of nitrogens with two attached hydrogens (primary N) is 1. The molecule has 0 radical (unpaired) electrons. The molecule has 2 amide bonds. The van der Waals surface area contributed by atoms with E-state index in [0.717, 1.165) is 0 Å². The average molecular weight is 271 g/mol. The molecule has 0 atom stereocenters. The summed E-state index contributed by atoms with van der Waals surface area (Å²) in [4.78, 5) is 22.8. The minimum absolute atomic E-state index is 0.0277. The van der Waals surface area contributed by atoms with Gasteiger partial charge in [-0.2, -0.15) is 0 Å². The van der Waals surface area contributed by atoms with Gasteiger partial charge in [0.05, 0.1) is 11.3 Å². The van der Waals surface area contributed by atoms with Crippen LogP contribution in [0.1, 0.15) is 10.4 Å². The maximum absolute atomic E-state index is 11.8. The van der Waals surface area contributed by atoms with Gasteiger partial charge in [-0.25, -0.2) is 9.59 Å². The zero-order chi connectivity index (χ0) is 14.5. The Labute approximate surface area is 115 Å². The normalized spacial score (nSPS) is 9.80. The summed E-state index contributed by atoms with van der Waals surface area (Å²) in [5, 5.41) is 14.1. The van der Waals surface area contributed by atoms with E-state index in [9.17, 15) is 9.59 Å². The fourth-order valence-electron chi connectivity index (χ4n) is 1.63. The number of aromatic carboxylic acids is 1. The van der Waals surface area contributed by atoms with Gasteiger partial charge in [-0.3, -0.25) is 0 Å². The van der Waals surface area contributed by atoms with Gasteiger partial charge in [0, 0.05) is 11.4 Å². The number of carbonyl (C=O) groups is 2. The topological polar surface area (TPSA) is 104 Å². The lowest BCUT2D eigenvalue weighted by Gasteiger charge is -2.09. The van der Waals surface area contributed by atoms with Crippen LogP contribution in [0.15, 0.2) is 48.5 Å². The molecule has 0 fully saturated rings. The van der Waals surface area contributed by atoms with Crippen LogP contribution in [0.2, 0.25) is 0 Å². The molecule has 0 aliphatic rings. The van der Waals surface area contributed by atoms with Gasteiger partial charge in [0.1, 0.15) is 0 Å². The molecule has 0 aromatic heterocycles. The van der Waals surface area contributed by atoms with E-state index in [-0.39, 0.29) is 11.3 Å². The lowest BCUT2D eigenvalue weighted by molar-refractivity contribution is 0.0698. The summed E-state index contributed by atoms with van der Waals surface area (Å²) in [5.41, 5.74) is 6.95. The number of hydrogen-bond donors (Lipinski definition) is 4. The van der Waals surface area contributed by atoms with Crippen molar-refractivity contribution in [2.45, 2.75) is 0 Å². The molecule has 2 rings (SSSR count). The molecule has 6 nitrogen and oxygen atoms in total. The molecule has 0 aliphatic heterocycles. The van der Waals surface area contributed by atoms with E-state index >= 15 is 0 Å². The van der Waals surface area contributed by atoms with Crippen molar-refractivity contribution in [2.24, 2.45) is 0 Å². The summed E-state index contributed by atoms with van der Waals surface area (Å²) in [7, 11) is 0. The summed E-state index contributed by atoms with van der Waals surface area (Å²) in [5.74, 6) is -1.10. The number of carboxylic acids is 1. The van der Waals surface area contributed by atoms with Gasteiger partial charge in [0.25, 0.3) is 0 Å². The Balaban J connectivity index is 2.08. The Morgan fingerprint density at radius 1 is 0.950 bits per heavy atom. The van der Waals surface area contributed by atoms with Crippen molar-refractivity contribution in [1.29, 1.82) is 0 Å². The van der Waals surface area contributed by atoms with Gasteiger partial charge in [-0.15, -0.1) is 0 Å². The fourth-order valence-corrected chi connectivity index (χ4v) is 1.63. The molecule has 2 aromatic carbocycles. The number of amides is 2. The number of nitrogen functional groups attached to an aromatic ring is 1. The Hall–Kier alpha value is -3.02. The maximum atomic E-state index is 11.8. The number of benzene rings is 2. The SMILES string of the molecule is Nc1ccc(NC(=O)Nc2ccccc2C(=O)O)cc1. The van der Waals surface area contributed by atoms with Gasteiger partial charge < -0.3 is 21.5 Å². The Bertz CT molecular complexity index is 638. The number of rotatable bonds is 3. The van der Waals surface area contributed by atoms with Gasteiger partial charge in [0.15, 0.2) is 0 Å². The van der Waals surface area contributed by atoms with E-state index < -0.39 is 12.0 Å². The number of hydrogen-bond acceptors (Lipinski definition) is 3. The zero-order valence-electron chi connectivity index (χ0n) is 10.5. The first-order chi connectivity index (χ1) is 9.56. The van der Waals surface area contributed by atoms with Crippen molar-refractivity contribution in [1.82, 2.24) is 0 Å². The number of carboxylic acid groups (broad SMARTS) is 1. The van der Waals surface area contributed by atoms with Crippen LogP contribution in [0, 0.1) is 0 Å². The van der Waals surface area contributed by atoms with E-state index in [1.54, 1.807) is 36.4 Å². The van der Waals surface area contributed by atoms with Gasteiger partial charge >= 0.3 is 12.0 Å². The Morgan fingerprint density at radius 3 is 2.25 bits per heavy atom. The predicted molar refractivity (Wildman–Crippen MR) is 76.9 cm³/mol. The van der Waals surface area contributed by atoms with Crippen LogP contribution in [0.5, 0.6) is 0 Å². The predicted octanol–water partition coefficient (Wildman–Crippen LogP) is 2.61. The highest BCUT2D eigenvalue weighted by Gasteiger charge is 2.11. The largest absolute Gasteiger partial charge is 0.478 e. The molecule has 5 N–H and O–H groups in total. The van der Waals surface area contributed by atoms with E-state index in [4.69, 9.17) is 10.8 Å². The van der Waals surface area contributed by atoms with Gasteiger partial charge in [-0.1, -0.05) is 12.1 Å². The number of urea groups is 1. The fraction of sp³-hybridized carbons (Fsp3) is 0. The van der Waals surface area contributed by atoms with Crippen molar-refractivity contribution in [3.63, 3.8) is 0 Å². The second-order valence-electron chi connectivity index (χ2n) is 4.05. The molecule has 0 saturated carbocycles. The van der Waals surface area contributed by atoms with E-state index in [1.165, 1.54) is 12.1 Å². The minimum Gasteiger partial charge on any atom is -0.478 e. The van der Waals surface area contributed by atoms with Crippen LogP contribution >= 0.6 is 0 Å². The highest BCUT2D eigenvalue weighted by atomic mass is 16.4. The first kappa shape index (κ1) is 13.4. The summed E-state index contributed by atoms with van der Waals surface area (Å²) < 4.78 is 0. The molecule has 102 valence electrons. The van der Waals surface area contributed by atoms with Crippen molar-refractivity contribution in [3.05, 3.63) is 54.1 Å². The lowest BCUT2D eigenvalue weighted by atomic mass is 10.2. The number of carbonyl (C=O) groups excluding carboxylic acids is 1. The highest BCUT2D eigenvalue weighted by molar-refractivity contribution is 6.04. The molecule has 0 saturated heterocycles. The third-order valence-electron chi connectivity index (χ3n) is 2.57. The van der Waals surface area contributed by atoms with Crippen molar-refractivity contribution < 1.29 is 14.7 Å². The molecular weight excluding hydrogens is 258 g/mol. The smallest absolute Gasteiger partial charge is 0.337 e. The summed E-state index contributed by atoms with van der Waals surface area (Å²) in [6.07, 6.45) is 0. The lowest BCUT2D eigenvalue weighted by Crippen LogP contribution is -2.20. The second kappa shape index (κ2) is 5.75. The quantitative estimate of drug-likeness (QED) is 0.644. The third kappa shape index (κ3) is 3.26. The van der Waals surface area contributed by atoms with Crippen molar-refractivity contribution in [3.8, 4) is 0 Å². The number of para-hydroxylation sites is 1. The Kier molecular flexibility index (Phi) is 3.85.